The minimum Gasteiger partial charge on any atom is -0.265 e. The van der Waals surface area contributed by atoms with E-state index in [1.54, 1.807) is 0 Å². The molecule has 0 amide bonds. The highest BCUT2D eigenvalue weighted by atomic mass is 31.1. The lowest BCUT2D eigenvalue weighted by molar-refractivity contribution is 0.335. The molecule has 1 unspecified atom stereocenters. The van der Waals surface area contributed by atoms with Crippen LogP contribution in [0.1, 0.15) is 41.5 Å². The molecule has 0 aromatic heterocycles. The van der Waals surface area contributed by atoms with Gasteiger partial charge in [-0.15, -0.1) is 4.52 Å². The lowest BCUT2D eigenvalue weighted by atomic mass is 10.2. The van der Waals surface area contributed by atoms with Gasteiger partial charge >= 0.3 is 22.7 Å². The largest absolute Gasteiger partial charge is 0.665 e. The molecule has 0 saturated heterocycles. The minimum absolute atomic E-state index is 0.0851. The summed E-state index contributed by atoms with van der Waals surface area (Å²) >= 11 is -1.59. The Kier molecular flexibility index (Phi) is 5.25. The molecule has 0 fully saturated rings. The van der Waals surface area contributed by atoms with Gasteiger partial charge in [0.05, 0.1) is 7.11 Å². The molecule has 0 heterocycles. The van der Waals surface area contributed by atoms with Crippen molar-refractivity contribution in [2.24, 2.45) is 0 Å². The predicted octanol–water partition coefficient (Wildman–Crippen LogP) is 3.90. The maximum absolute atomic E-state index is 11.3. The van der Waals surface area contributed by atoms with E-state index in [0.717, 1.165) is 0 Å². The molecule has 0 aliphatic carbocycles. The second-order valence-corrected chi connectivity index (χ2v) is 11.5. The zero-order chi connectivity index (χ0) is 11.6. The van der Waals surface area contributed by atoms with E-state index >= 15 is 0 Å². The highest BCUT2D eigenvalue weighted by molar-refractivity contribution is 7.35. The van der Waals surface area contributed by atoms with E-state index in [2.05, 4.69) is 41.5 Å². The fourth-order valence-electron chi connectivity index (χ4n) is 1.74. The van der Waals surface area contributed by atoms with Crippen LogP contribution in [0, 0.1) is 0 Å². The number of rotatable bonds is 3. The van der Waals surface area contributed by atoms with Crippen molar-refractivity contribution in [3.8, 4) is 0 Å². The Balaban J connectivity index is 4.68. The van der Waals surface area contributed by atoms with Crippen LogP contribution in [0.25, 0.3) is 0 Å². The first-order valence-corrected chi connectivity index (χ1v) is 7.49. The zero-order valence-electron chi connectivity index (χ0n) is 10.2. The van der Waals surface area contributed by atoms with Gasteiger partial charge in [-0.05, 0) is 8.55 Å². The predicted molar refractivity (Wildman–Crippen MR) is 60.9 cm³/mol. The van der Waals surface area contributed by atoms with Crippen molar-refractivity contribution in [2.45, 2.75) is 50.1 Å². The molecule has 0 bridgehead atoms. The fraction of sp³-hybridized carbons (Fsp3) is 1.00. The Morgan fingerprint density at radius 1 is 1.00 bits per heavy atom. The van der Waals surface area contributed by atoms with Gasteiger partial charge in [-0.3, -0.25) is 3.58 Å². The smallest absolute Gasteiger partial charge is 0.265 e. The summed E-state index contributed by atoms with van der Waals surface area (Å²) in [6.45, 7) is 12.8. The maximum atomic E-state index is 11.3. The molecule has 0 aromatic rings. The highest BCUT2D eigenvalue weighted by Gasteiger charge is 2.52. The quantitative estimate of drug-likeness (QED) is 0.549. The monoisotopic (exact) mass is 235 g/mol. The van der Waals surface area contributed by atoms with E-state index < -0.39 is 22.7 Å². The summed E-state index contributed by atoms with van der Waals surface area (Å²) in [6, 6.07) is 0. The molecular formula is C9H21AlO3P+. The summed E-state index contributed by atoms with van der Waals surface area (Å²) in [6.07, 6.45) is 0. The van der Waals surface area contributed by atoms with Crippen LogP contribution in [-0.4, -0.2) is 21.6 Å². The summed E-state index contributed by atoms with van der Waals surface area (Å²) < 4.78 is 21.7. The van der Waals surface area contributed by atoms with Crippen LogP contribution in [0.4, 0.5) is 0 Å². The standard InChI is InChI=1S/2C4H9.CH3O3P.Al/c2*1-4(2)3;1-4-5(2)3;/h2*1-3H3;1H3;/q;;;+1. The topological polar surface area (TPSA) is 35.5 Å². The molecule has 5 heteroatoms. The Labute approximate surface area is 92.9 Å². The Hall–Kier alpha value is 0.552. The van der Waals surface area contributed by atoms with Gasteiger partial charge in [0.1, 0.15) is 0 Å². The first kappa shape index (κ1) is 14.6. The summed E-state index contributed by atoms with van der Waals surface area (Å²) in [7, 11) is -0.522. The molecule has 0 rings (SSSR count). The molecule has 0 aliphatic heterocycles. The average molecular weight is 235 g/mol. The van der Waals surface area contributed by atoms with Gasteiger partial charge in [0.25, 0.3) is 0 Å². The molecule has 14 heavy (non-hydrogen) atoms. The van der Waals surface area contributed by atoms with Gasteiger partial charge < -0.3 is 0 Å². The fourth-order valence-corrected chi connectivity index (χ4v) is 7.91. The van der Waals surface area contributed by atoms with Crippen molar-refractivity contribution >= 4 is 22.7 Å². The maximum Gasteiger partial charge on any atom is 0.665 e. The number of hydrogen-bond acceptors (Lipinski definition) is 3. The van der Waals surface area contributed by atoms with E-state index in [0.29, 0.717) is 0 Å². The molecule has 0 radical (unpaired) electrons. The van der Waals surface area contributed by atoms with Gasteiger partial charge in [0.2, 0.25) is 0 Å². The van der Waals surface area contributed by atoms with Crippen molar-refractivity contribution in [3.05, 3.63) is 0 Å². The lowest BCUT2D eigenvalue weighted by Gasteiger charge is -2.29. The second-order valence-electron chi connectivity index (χ2n) is 5.62. The summed E-state index contributed by atoms with van der Waals surface area (Å²) in [4.78, 5) is 0. The molecule has 0 N–H and O–H groups in total. The zero-order valence-corrected chi connectivity index (χ0v) is 12.3. The van der Waals surface area contributed by atoms with E-state index in [4.69, 9.17) is 8.10 Å². The van der Waals surface area contributed by atoms with Crippen LogP contribution in [0.15, 0.2) is 0 Å². The van der Waals surface area contributed by atoms with Gasteiger partial charge in [-0.1, -0.05) is 41.5 Å². The Morgan fingerprint density at radius 3 is 1.57 bits per heavy atom. The third-order valence-corrected chi connectivity index (χ3v) is 6.89. The normalized spacial score (nSPS) is 14.1. The SMILES string of the molecule is CO[P+](=O)[O][Al]([C](C)(C)C)[C](C)(C)C. The van der Waals surface area contributed by atoms with Crippen molar-refractivity contribution in [3.63, 3.8) is 0 Å². The molecule has 1 atom stereocenters. The molecule has 0 aromatic carbocycles. The average Bonchev–Trinajstić information content (AvgIpc) is 1.95. The van der Waals surface area contributed by atoms with Crippen molar-refractivity contribution in [1.29, 1.82) is 0 Å². The molecular weight excluding hydrogens is 214 g/mol. The first-order valence-electron chi connectivity index (χ1n) is 4.77. The molecule has 3 nitrogen and oxygen atoms in total. The van der Waals surface area contributed by atoms with Gasteiger partial charge in [-0.25, -0.2) is 0 Å². The van der Waals surface area contributed by atoms with Crippen molar-refractivity contribution in [1.82, 2.24) is 0 Å². The summed E-state index contributed by atoms with van der Waals surface area (Å²) in [5.74, 6) is 0. The third-order valence-electron chi connectivity index (χ3n) is 1.91. The van der Waals surface area contributed by atoms with Crippen molar-refractivity contribution < 1.29 is 12.7 Å². The summed E-state index contributed by atoms with van der Waals surface area (Å²) in [5, 5.41) is 0. The van der Waals surface area contributed by atoms with E-state index in [9.17, 15) is 4.57 Å². The molecule has 0 aliphatic rings. The lowest BCUT2D eigenvalue weighted by Crippen LogP contribution is -2.36. The van der Waals surface area contributed by atoms with Gasteiger partial charge in [-0.2, -0.15) is 0 Å². The van der Waals surface area contributed by atoms with Crippen LogP contribution in [0.2, 0.25) is 8.55 Å². The third kappa shape index (κ3) is 4.87. The Bertz CT molecular complexity index is 191. The van der Waals surface area contributed by atoms with Crippen LogP contribution < -0.4 is 0 Å². The molecule has 0 saturated carbocycles. The molecule has 0 spiro atoms. The second kappa shape index (κ2) is 5.06. The van der Waals surface area contributed by atoms with Gasteiger partial charge in [0, 0.05) is 4.57 Å². The Morgan fingerprint density at radius 2 is 1.36 bits per heavy atom. The van der Waals surface area contributed by atoms with E-state index in [1.165, 1.54) is 7.11 Å². The van der Waals surface area contributed by atoms with E-state index in [1.807, 2.05) is 0 Å². The first-order chi connectivity index (χ1) is 6.09. The molecule has 82 valence electrons. The van der Waals surface area contributed by atoms with Crippen molar-refractivity contribution in [2.75, 3.05) is 7.11 Å². The van der Waals surface area contributed by atoms with Crippen LogP contribution in [0.3, 0.4) is 0 Å². The van der Waals surface area contributed by atoms with Gasteiger partial charge in [0.15, 0.2) is 0 Å². The highest BCUT2D eigenvalue weighted by Crippen LogP contribution is 2.46. The minimum atomic E-state index is -1.93. The van der Waals surface area contributed by atoms with E-state index in [-0.39, 0.29) is 8.55 Å². The van der Waals surface area contributed by atoms with Crippen LogP contribution in [0.5, 0.6) is 0 Å². The summed E-state index contributed by atoms with van der Waals surface area (Å²) in [5.41, 5.74) is 0. The number of hydrogen-bond donors (Lipinski definition) is 0. The van der Waals surface area contributed by atoms with Crippen LogP contribution >= 0.6 is 8.25 Å². The van der Waals surface area contributed by atoms with Crippen LogP contribution in [-0.2, 0) is 12.7 Å².